The highest BCUT2D eigenvalue weighted by atomic mass is 16.6. The summed E-state index contributed by atoms with van der Waals surface area (Å²) in [7, 11) is 0. The van der Waals surface area contributed by atoms with Crippen LogP contribution in [0.25, 0.3) is 0 Å². The van der Waals surface area contributed by atoms with Crippen LogP contribution >= 0.6 is 0 Å². The van der Waals surface area contributed by atoms with E-state index in [2.05, 4.69) is 5.32 Å². The second kappa shape index (κ2) is 5.85. The Morgan fingerprint density at radius 3 is 2.75 bits per heavy atom. The fourth-order valence-electron chi connectivity index (χ4n) is 1.40. The SMILES string of the molecule is Cc1ccccc1CCNC(=O)C[N+](=O)[O-]. The number of benzene rings is 1. The number of nitro groups is 1. The molecule has 0 aliphatic heterocycles. The number of nitrogens with zero attached hydrogens (tertiary/aromatic N) is 1. The predicted molar refractivity (Wildman–Crippen MR) is 59.8 cm³/mol. The van der Waals surface area contributed by atoms with Gasteiger partial charge in [-0.3, -0.25) is 14.9 Å². The Labute approximate surface area is 93.6 Å². The van der Waals surface area contributed by atoms with Crippen LogP contribution in [0.5, 0.6) is 0 Å². The topological polar surface area (TPSA) is 72.2 Å². The van der Waals surface area contributed by atoms with Gasteiger partial charge in [0.05, 0.1) is 0 Å². The Bertz CT molecular complexity index is 391. The van der Waals surface area contributed by atoms with Gasteiger partial charge in [-0.2, -0.15) is 0 Å². The molecule has 0 unspecified atom stereocenters. The number of amides is 1. The van der Waals surface area contributed by atoms with Crippen LogP contribution in [0.2, 0.25) is 0 Å². The van der Waals surface area contributed by atoms with E-state index in [-0.39, 0.29) is 0 Å². The molecule has 1 N–H and O–H groups in total. The molecular formula is C11H14N2O3. The Morgan fingerprint density at radius 1 is 1.44 bits per heavy atom. The van der Waals surface area contributed by atoms with Crippen molar-refractivity contribution in [2.45, 2.75) is 13.3 Å². The van der Waals surface area contributed by atoms with Crippen LogP contribution in [0.3, 0.4) is 0 Å². The van der Waals surface area contributed by atoms with Crippen molar-refractivity contribution in [3.63, 3.8) is 0 Å². The maximum absolute atomic E-state index is 11.0. The van der Waals surface area contributed by atoms with Gasteiger partial charge in [-0.05, 0) is 24.5 Å². The smallest absolute Gasteiger partial charge is 0.291 e. The molecule has 1 aromatic rings. The van der Waals surface area contributed by atoms with Gasteiger partial charge in [0.15, 0.2) is 0 Å². The van der Waals surface area contributed by atoms with Crippen molar-refractivity contribution in [1.29, 1.82) is 0 Å². The Morgan fingerprint density at radius 2 is 2.12 bits per heavy atom. The lowest BCUT2D eigenvalue weighted by Gasteiger charge is -2.05. The molecule has 0 bridgehead atoms. The zero-order chi connectivity index (χ0) is 12.0. The number of hydrogen-bond acceptors (Lipinski definition) is 3. The lowest BCUT2D eigenvalue weighted by molar-refractivity contribution is -0.467. The summed E-state index contributed by atoms with van der Waals surface area (Å²) in [4.78, 5) is 20.4. The largest absolute Gasteiger partial charge is 0.350 e. The Hall–Kier alpha value is -1.91. The van der Waals surface area contributed by atoms with Gasteiger partial charge in [0.2, 0.25) is 0 Å². The average molecular weight is 222 g/mol. The van der Waals surface area contributed by atoms with Crippen LogP contribution in [0.15, 0.2) is 24.3 Å². The van der Waals surface area contributed by atoms with Crippen molar-refractivity contribution in [3.05, 3.63) is 45.5 Å². The summed E-state index contributed by atoms with van der Waals surface area (Å²) in [5.74, 6) is -0.543. The predicted octanol–water partition coefficient (Wildman–Crippen LogP) is 0.930. The monoisotopic (exact) mass is 222 g/mol. The number of carbonyl (C=O) groups is 1. The third-order valence-electron chi connectivity index (χ3n) is 2.25. The van der Waals surface area contributed by atoms with Crippen LogP contribution in [-0.4, -0.2) is 23.9 Å². The summed E-state index contributed by atoms with van der Waals surface area (Å²) in [5.41, 5.74) is 2.30. The van der Waals surface area contributed by atoms with Crippen LogP contribution in [0, 0.1) is 17.0 Å². The molecule has 0 radical (unpaired) electrons. The molecular weight excluding hydrogens is 208 g/mol. The van der Waals surface area contributed by atoms with Crippen molar-refractivity contribution < 1.29 is 9.72 Å². The second-order valence-electron chi connectivity index (χ2n) is 3.52. The molecule has 0 fully saturated rings. The van der Waals surface area contributed by atoms with Gasteiger partial charge in [0.25, 0.3) is 12.5 Å². The Kier molecular flexibility index (Phi) is 4.44. The lowest BCUT2D eigenvalue weighted by Crippen LogP contribution is -2.31. The zero-order valence-corrected chi connectivity index (χ0v) is 9.10. The summed E-state index contributed by atoms with van der Waals surface area (Å²) in [6.45, 7) is 1.76. The first-order valence-electron chi connectivity index (χ1n) is 5.02. The molecule has 5 heteroatoms. The van der Waals surface area contributed by atoms with Gasteiger partial charge < -0.3 is 5.32 Å². The third kappa shape index (κ3) is 4.08. The van der Waals surface area contributed by atoms with Gasteiger partial charge in [0.1, 0.15) is 0 Å². The molecule has 5 nitrogen and oxygen atoms in total. The van der Waals surface area contributed by atoms with E-state index in [0.717, 1.165) is 11.1 Å². The van der Waals surface area contributed by atoms with Crippen molar-refractivity contribution >= 4 is 5.91 Å². The second-order valence-corrected chi connectivity index (χ2v) is 3.52. The lowest BCUT2D eigenvalue weighted by atomic mass is 10.1. The van der Waals surface area contributed by atoms with E-state index in [1.807, 2.05) is 31.2 Å². The van der Waals surface area contributed by atoms with Crippen molar-refractivity contribution in [1.82, 2.24) is 5.32 Å². The molecule has 0 saturated carbocycles. The molecule has 1 rings (SSSR count). The molecule has 0 aromatic heterocycles. The first-order chi connectivity index (χ1) is 7.59. The molecule has 0 spiro atoms. The maximum Gasteiger partial charge on any atom is 0.291 e. The minimum absolute atomic E-state index is 0.428. The van der Waals surface area contributed by atoms with E-state index in [0.29, 0.717) is 13.0 Å². The molecule has 0 atom stereocenters. The minimum Gasteiger partial charge on any atom is -0.350 e. The standard InChI is InChI=1S/C11H14N2O3/c1-9-4-2-3-5-10(9)6-7-12-11(14)8-13(15)16/h2-5H,6-8H2,1H3,(H,12,14). The first kappa shape index (κ1) is 12.2. The van der Waals surface area contributed by atoms with E-state index in [9.17, 15) is 14.9 Å². The normalized spacial score (nSPS) is 9.81. The molecule has 1 aromatic carbocycles. The summed E-state index contributed by atoms with van der Waals surface area (Å²) in [6, 6.07) is 7.86. The fourth-order valence-corrected chi connectivity index (χ4v) is 1.40. The van der Waals surface area contributed by atoms with Crippen molar-refractivity contribution in [2.75, 3.05) is 13.1 Å². The van der Waals surface area contributed by atoms with Gasteiger partial charge in [0, 0.05) is 11.5 Å². The summed E-state index contributed by atoms with van der Waals surface area (Å²) in [6.07, 6.45) is 0.691. The molecule has 0 aliphatic carbocycles. The van der Waals surface area contributed by atoms with Gasteiger partial charge in [-0.25, -0.2) is 0 Å². The summed E-state index contributed by atoms with van der Waals surface area (Å²) in [5, 5.41) is 12.6. The number of carbonyl (C=O) groups excluding carboxylic acids is 1. The van der Waals surface area contributed by atoms with Crippen LogP contribution in [-0.2, 0) is 11.2 Å². The summed E-state index contributed by atoms with van der Waals surface area (Å²) >= 11 is 0. The highest BCUT2D eigenvalue weighted by Gasteiger charge is 2.07. The molecule has 0 aliphatic rings. The van der Waals surface area contributed by atoms with Crippen molar-refractivity contribution in [3.8, 4) is 0 Å². The van der Waals surface area contributed by atoms with Crippen LogP contribution in [0.1, 0.15) is 11.1 Å². The van der Waals surface area contributed by atoms with E-state index in [1.54, 1.807) is 0 Å². The highest BCUT2D eigenvalue weighted by molar-refractivity contribution is 5.76. The zero-order valence-electron chi connectivity index (χ0n) is 9.10. The quantitative estimate of drug-likeness (QED) is 0.595. The average Bonchev–Trinajstić information content (AvgIpc) is 2.19. The number of nitrogens with one attached hydrogen (secondary N) is 1. The number of rotatable bonds is 5. The van der Waals surface area contributed by atoms with E-state index in [4.69, 9.17) is 0 Å². The molecule has 0 heterocycles. The van der Waals surface area contributed by atoms with Gasteiger partial charge >= 0.3 is 0 Å². The van der Waals surface area contributed by atoms with Gasteiger partial charge in [-0.15, -0.1) is 0 Å². The Balaban J connectivity index is 2.33. The van der Waals surface area contributed by atoms with Crippen LogP contribution in [0.4, 0.5) is 0 Å². The minimum atomic E-state index is -0.659. The van der Waals surface area contributed by atoms with E-state index < -0.39 is 17.4 Å². The molecule has 86 valence electrons. The van der Waals surface area contributed by atoms with E-state index >= 15 is 0 Å². The highest BCUT2D eigenvalue weighted by Crippen LogP contribution is 2.06. The van der Waals surface area contributed by atoms with Gasteiger partial charge in [-0.1, -0.05) is 24.3 Å². The first-order valence-corrected chi connectivity index (χ1v) is 5.02. The number of aryl methyl sites for hydroxylation is 1. The molecule has 1 amide bonds. The van der Waals surface area contributed by atoms with Crippen LogP contribution < -0.4 is 5.32 Å². The third-order valence-corrected chi connectivity index (χ3v) is 2.25. The molecule has 16 heavy (non-hydrogen) atoms. The maximum atomic E-state index is 11.0. The number of hydrogen-bond donors (Lipinski definition) is 1. The fraction of sp³-hybridized carbons (Fsp3) is 0.364. The van der Waals surface area contributed by atoms with E-state index in [1.165, 1.54) is 0 Å². The summed E-state index contributed by atoms with van der Waals surface area (Å²) < 4.78 is 0. The molecule has 0 saturated heterocycles. The van der Waals surface area contributed by atoms with Crippen molar-refractivity contribution in [2.24, 2.45) is 0 Å².